The van der Waals surface area contributed by atoms with E-state index >= 15 is 0 Å². The van der Waals surface area contributed by atoms with Gasteiger partial charge in [0, 0.05) is 21.2 Å². The fourth-order valence-corrected chi connectivity index (χ4v) is 1.77. The Morgan fingerprint density at radius 2 is 2.21 bits per heavy atom. The maximum Gasteiger partial charge on any atom is 0.225 e. The molecule has 0 unspecified atom stereocenters. The van der Waals surface area contributed by atoms with E-state index in [0.717, 1.165) is 4.47 Å². The second-order valence-corrected chi connectivity index (χ2v) is 4.70. The number of hydrogen-bond acceptors (Lipinski definition) is 1. The standard InChI is InChI=1S/C9H8Br2ClNO/c10-4-3-9(14)13-8-5-6(12)1-2-7(8)11/h1-2,5H,3-4H2,(H,13,14). The summed E-state index contributed by atoms with van der Waals surface area (Å²) in [6, 6.07) is 5.26. The molecule has 0 atom stereocenters. The van der Waals surface area contributed by atoms with Gasteiger partial charge in [-0.25, -0.2) is 0 Å². The monoisotopic (exact) mass is 339 g/mol. The molecule has 0 aliphatic rings. The molecule has 1 aromatic carbocycles. The van der Waals surface area contributed by atoms with Gasteiger partial charge >= 0.3 is 0 Å². The predicted molar refractivity (Wildman–Crippen MR) is 66.2 cm³/mol. The summed E-state index contributed by atoms with van der Waals surface area (Å²) in [6.07, 6.45) is 0.443. The van der Waals surface area contributed by atoms with Crippen molar-refractivity contribution in [1.82, 2.24) is 0 Å². The van der Waals surface area contributed by atoms with Crippen LogP contribution >= 0.6 is 43.5 Å². The Bertz CT molecular complexity index is 344. The van der Waals surface area contributed by atoms with Crippen LogP contribution in [0.2, 0.25) is 5.02 Å². The van der Waals surface area contributed by atoms with Crippen molar-refractivity contribution in [3.05, 3.63) is 27.7 Å². The normalized spacial score (nSPS) is 9.93. The van der Waals surface area contributed by atoms with E-state index in [1.807, 2.05) is 0 Å². The Labute approximate surface area is 104 Å². The number of rotatable bonds is 3. The van der Waals surface area contributed by atoms with E-state index in [2.05, 4.69) is 37.2 Å². The zero-order valence-electron chi connectivity index (χ0n) is 7.19. The first-order valence-electron chi connectivity index (χ1n) is 3.94. The number of nitrogens with one attached hydrogen (secondary N) is 1. The van der Waals surface area contributed by atoms with E-state index in [-0.39, 0.29) is 5.91 Å². The molecule has 1 aromatic rings. The zero-order valence-corrected chi connectivity index (χ0v) is 11.1. The summed E-state index contributed by atoms with van der Waals surface area (Å²) in [4.78, 5) is 11.3. The van der Waals surface area contributed by atoms with Crippen LogP contribution in [-0.2, 0) is 4.79 Å². The van der Waals surface area contributed by atoms with Crippen molar-refractivity contribution in [2.75, 3.05) is 10.6 Å². The molecule has 0 aliphatic carbocycles. The highest BCUT2D eigenvalue weighted by Crippen LogP contribution is 2.25. The van der Waals surface area contributed by atoms with E-state index < -0.39 is 0 Å². The van der Waals surface area contributed by atoms with Crippen LogP contribution in [0.4, 0.5) is 5.69 Å². The maximum atomic E-state index is 11.3. The van der Waals surface area contributed by atoms with Crippen molar-refractivity contribution in [3.8, 4) is 0 Å². The molecular weight excluding hydrogens is 333 g/mol. The third-order valence-corrected chi connectivity index (χ3v) is 2.85. The minimum atomic E-state index is -0.0372. The average Bonchev–Trinajstić information content (AvgIpc) is 2.12. The molecule has 0 fully saturated rings. The fourth-order valence-electron chi connectivity index (χ4n) is 0.892. The number of anilines is 1. The Balaban J connectivity index is 2.75. The van der Waals surface area contributed by atoms with Gasteiger partial charge in [-0.05, 0) is 34.1 Å². The minimum Gasteiger partial charge on any atom is -0.325 e. The Hall–Kier alpha value is -0.0600. The van der Waals surface area contributed by atoms with Gasteiger partial charge in [0.2, 0.25) is 5.91 Å². The highest BCUT2D eigenvalue weighted by Gasteiger charge is 2.04. The number of alkyl halides is 1. The van der Waals surface area contributed by atoms with Gasteiger partial charge in [0.1, 0.15) is 0 Å². The van der Waals surface area contributed by atoms with E-state index in [4.69, 9.17) is 11.6 Å². The van der Waals surface area contributed by atoms with Crippen LogP contribution in [0, 0.1) is 0 Å². The lowest BCUT2D eigenvalue weighted by molar-refractivity contribution is -0.115. The van der Waals surface area contributed by atoms with Gasteiger partial charge in [-0.1, -0.05) is 27.5 Å². The van der Waals surface area contributed by atoms with Crippen LogP contribution < -0.4 is 5.32 Å². The molecule has 1 rings (SSSR count). The molecule has 1 N–H and O–H groups in total. The Kier molecular flexibility index (Phi) is 4.92. The molecule has 2 nitrogen and oxygen atoms in total. The number of benzene rings is 1. The van der Waals surface area contributed by atoms with Gasteiger partial charge in [0.25, 0.3) is 0 Å². The van der Waals surface area contributed by atoms with Crippen molar-refractivity contribution < 1.29 is 4.79 Å². The Morgan fingerprint density at radius 3 is 2.86 bits per heavy atom. The zero-order chi connectivity index (χ0) is 10.6. The molecule has 1 amide bonds. The molecule has 0 bridgehead atoms. The molecule has 0 saturated carbocycles. The SMILES string of the molecule is O=C(CCBr)Nc1cc(Cl)ccc1Br. The predicted octanol–water partition coefficient (Wildman–Crippen LogP) is 3.83. The van der Waals surface area contributed by atoms with Crippen molar-refractivity contribution >= 4 is 55.1 Å². The second-order valence-electron chi connectivity index (χ2n) is 2.61. The lowest BCUT2D eigenvalue weighted by atomic mass is 10.3. The lowest BCUT2D eigenvalue weighted by Gasteiger charge is -2.06. The van der Waals surface area contributed by atoms with Crippen LogP contribution in [0.15, 0.2) is 22.7 Å². The van der Waals surface area contributed by atoms with E-state index in [9.17, 15) is 4.79 Å². The van der Waals surface area contributed by atoms with Gasteiger partial charge in [-0.3, -0.25) is 4.79 Å². The van der Waals surface area contributed by atoms with Crippen LogP contribution in [0.25, 0.3) is 0 Å². The second kappa shape index (κ2) is 5.73. The fraction of sp³-hybridized carbons (Fsp3) is 0.222. The first-order valence-corrected chi connectivity index (χ1v) is 6.23. The van der Waals surface area contributed by atoms with Crippen LogP contribution in [0.5, 0.6) is 0 Å². The maximum absolute atomic E-state index is 11.3. The number of carbonyl (C=O) groups excluding carboxylic acids is 1. The quantitative estimate of drug-likeness (QED) is 0.832. The summed E-state index contributed by atoms with van der Waals surface area (Å²) >= 11 is 12.3. The minimum absolute atomic E-state index is 0.0372. The average molecular weight is 341 g/mol. The summed E-state index contributed by atoms with van der Waals surface area (Å²) < 4.78 is 0.824. The molecule has 76 valence electrons. The number of halogens is 3. The summed E-state index contributed by atoms with van der Waals surface area (Å²) in [5.41, 5.74) is 0.698. The molecule has 0 saturated heterocycles. The summed E-state index contributed by atoms with van der Waals surface area (Å²) in [5.74, 6) is -0.0372. The molecule has 0 heterocycles. The molecule has 5 heteroatoms. The third kappa shape index (κ3) is 3.59. The molecule has 0 aromatic heterocycles. The van der Waals surface area contributed by atoms with Crippen molar-refractivity contribution in [2.24, 2.45) is 0 Å². The molecule has 0 radical (unpaired) electrons. The van der Waals surface area contributed by atoms with Crippen LogP contribution in [-0.4, -0.2) is 11.2 Å². The van der Waals surface area contributed by atoms with Gasteiger partial charge in [0.15, 0.2) is 0 Å². The molecule has 14 heavy (non-hydrogen) atoms. The van der Waals surface area contributed by atoms with E-state index in [1.165, 1.54) is 0 Å². The van der Waals surface area contributed by atoms with Crippen molar-refractivity contribution in [3.63, 3.8) is 0 Å². The molecule has 0 aliphatic heterocycles. The first kappa shape index (κ1) is 12.0. The van der Waals surface area contributed by atoms with Crippen molar-refractivity contribution in [2.45, 2.75) is 6.42 Å². The summed E-state index contributed by atoms with van der Waals surface area (Å²) in [5, 5.41) is 4.00. The van der Waals surface area contributed by atoms with Gasteiger partial charge in [-0.15, -0.1) is 0 Å². The summed E-state index contributed by atoms with van der Waals surface area (Å²) in [7, 11) is 0. The smallest absolute Gasteiger partial charge is 0.225 e. The Morgan fingerprint density at radius 1 is 1.50 bits per heavy atom. The van der Waals surface area contributed by atoms with Gasteiger partial charge in [-0.2, -0.15) is 0 Å². The van der Waals surface area contributed by atoms with E-state index in [1.54, 1.807) is 18.2 Å². The van der Waals surface area contributed by atoms with Crippen LogP contribution in [0.1, 0.15) is 6.42 Å². The topological polar surface area (TPSA) is 29.1 Å². The van der Waals surface area contributed by atoms with Crippen LogP contribution in [0.3, 0.4) is 0 Å². The first-order chi connectivity index (χ1) is 6.63. The third-order valence-electron chi connectivity index (χ3n) is 1.52. The lowest BCUT2D eigenvalue weighted by Crippen LogP contribution is -2.11. The van der Waals surface area contributed by atoms with Crippen molar-refractivity contribution in [1.29, 1.82) is 0 Å². The largest absolute Gasteiger partial charge is 0.325 e. The number of hydrogen-bond donors (Lipinski definition) is 1. The number of amides is 1. The van der Waals surface area contributed by atoms with Gasteiger partial charge in [0.05, 0.1) is 5.69 Å². The molecular formula is C9H8Br2ClNO. The summed E-state index contributed by atoms with van der Waals surface area (Å²) in [6.45, 7) is 0. The number of carbonyl (C=O) groups is 1. The highest BCUT2D eigenvalue weighted by atomic mass is 79.9. The highest BCUT2D eigenvalue weighted by molar-refractivity contribution is 9.10. The van der Waals surface area contributed by atoms with Gasteiger partial charge < -0.3 is 5.32 Å². The molecule has 0 spiro atoms. The van der Waals surface area contributed by atoms with E-state index in [0.29, 0.717) is 22.5 Å².